The molecule has 0 saturated carbocycles. The van der Waals surface area contributed by atoms with Crippen molar-refractivity contribution in [2.45, 2.75) is 12.6 Å². The molecule has 0 amide bonds. The fourth-order valence-corrected chi connectivity index (χ4v) is 3.71. The van der Waals surface area contributed by atoms with Crippen molar-refractivity contribution in [2.24, 2.45) is 7.05 Å². The molecule has 0 unspecified atom stereocenters. The largest absolute Gasteiger partial charge is 0.354 e. The van der Waals surface area contributed by atoms with Crippen molar-refractivity contribution in [1.82, 2.24) is 19.4 Å². The van der Waals surface area contributed by atoms with Crippen molar-refractivity contribution < 1.29 is 0 Å². The summed E-state index contributed by atoms with van der Waals surface area (Å²) in [4.78, 5) is 23.6. The summed E-state index contributed by atoms with van der Waals surface area (Å²) in [7, 11) is 1.79. The van der Waals surface area contributed by atoms with Gasteiger partial charge in [0.1, 0.15) is 5.82 Å². The first kappa shape index (κ1) is 16.3. The highest BCUT2D eigenvalue weighted by Gasteiger charge is 2.33. The molecule has 132 valence electrons. The number of piperazine rings is 1. The lowest BCUT2D eigenvalue weighted by atomic mass is 10.0. The number of nitrogens with zero attached hydrogens (tertiary/aromatic N) is 5. The third kappa shape index (κ3) is 3.60. The lowest BCUT2D eigenvalue weighted by molar-refractivity contribution is 0.0255. The van der Waals surface area contributed by atoms with Crippen molar-refractivity contribution in [3.05, 3.63) is 58.6 Å². The van der Waals surface area contributed by atoms with E-state index in [1.807, 2.05) is 24.5 Å². The van der Waals surface area contributed by atoms with Crippen LogP contribution in [0.2, 0.25) is 0 Å². The zero-order valence-electron chi connectivity index (χ0n) is 14.7. The molecule has 0 aliphatic carbocycles. The lowest BCUT2D eigenvalue weighted by Crippen LogP contribution is -2.62. The monoisotopic (exact) mass is 339 g/mol. The number of aryl methyl sites for hydroxylation is 1. The molecule has 0 spiro atoms. The Kier molecular flexibility index (Phi) is 4.55. The van der Waals surface area contributed by atoms with Crippen LogP contribution < -0.4 is 10.5 Å². The summed E-state index contributed by atoms with van der Waals surface area (Å²) in [6.45, 7) is 7.35. The summed E-state index contributed by atoms with van der Waals surface area (Å²) in [5, 5.41) is 0. The molecule has 2 aromatic heterocycles. The van der Waals surface area contributed by atoms with E-state index in [1.165, 1.54) is 0 Å². The van der Waals surface area contributed by atoms with E-state index >= 15 is 0 Å². The molecule has 4 heterocycles. The second kappa shape index (κ2) is 6.98. The van der Waals surface area contributed by atoms with Crippen LogP contribution in [0.4, 0.5) is 5.82 Å². The van der Waals surface area contributed by atoms with Crippen LogP contribution in [-0.4, -0.2) is 64.7 Å². The fraction of sp³-hybridized carbons (Fsp3) is 0.474. The van der Waals surface area contributed by atoms with Gasteiger partial charge in [-0.25, -0.2) is 4.98 Å². The van der Waals surface area contributed by atoms with Crippen molar-refractivity contribution in [2.75, 3.05) is 44.2 Å². The molecule has 6 nitrogen and oxygen atoms in total. The molecule has 2 fully saturated rings. The Hall–Kier alpha value is -2.18. The molecule has 0 N–H and O–H groups in total. The minimum atomic E-state index is 0.0696. The summed E-state index contributed by atoms with van der Waals surface area (Å²) >= 11 is 0. The average molecular weight is 339 g/mol. The van der Waals surface area contributed by atoms with Crippen LogP contribution in [0.15, 0.2) is 47.5 Å². The van der Waals surface area contributed by atoms with Gasteiger partial charge in [0, 0.05) is 77.4 Å². The van der Waals surface area contributed by atoms with Crippen LogP contribution in [0.1, 0.15) is 5.56 Å². The predicted molar refractivity (Wildman–Crippen MR) is 98.8 cm³/mol. The van der Waals surface area contributed by atoms with Crippen molar-refractivity contribution >= 4 is 5.82 Å². The highest BCUT2D eigenvalue weighted by molar-refractivity contribution is 5.38. The van der Waals surface area contributed by atoms with Crippen LogP contribution in [0.5, 0.6) is 0 Å². The van der Waals surface area contributed by atoms with E-state index in [0.717, 1.165) is 57.2 Å². The van der Waals surface area contributed by atoms with Gasteiger partial charge < -0.3 is 9.47 Å². The number of hydrogen-bond acceptors (Lipinski definition) is 5. The molecule has 0 atom stereocenters. The van der Waals surface area contributed by atoms with Gasteiger partial charge in [0.05, 0.1) is 0 Å². The van der Waals surface area contributed by atoms with Crippen molar-refractivity contribution in [3.63, 3.8) is 0 Å². The maximum absolute atomic E-state index is 11.7. The third-order valence-electron chi connectivity index (χ3n) is 5.32. The first-order chi connectivity index (χ1) is 12.2. The maximum Gasteiger partial charge on any atom is 0.250 e. The number of hydrogen-bond donors (Lipinski definition) is 0. The average Bonchev–Trinajstić information content (AvgIpc) is 2.62. The second-order valence-electron chi connectivity index (χ2n) is 7.04. The summed E-state index contributed by atoms with van der Waals surface area (Å²) < 4.78 is 1.61. The SMILES string of the molecule is Cn1ccc(CN2CC(N3CCN(c4ccccn4)CC3)C2)cc1=O. The standard InChI is InChI=1S/C19H25N5O/c1-21-7-5-16(12-19(21)25)13-22-14-17(15-22)23-8-10-24(11-9-23)18-4-2-3-6-20-18/h2-7,12,17H,8-11,13-15H2,1H3. The van der Waals surface area contributed by atoms with Crippen molar-refractivity contribution in [1.29, 1.82) is 0 Å². The van der Waals surface area contributed by atoms with Gasteiger partial charge >= 0.3 is 0 Å². The van der Waals surface area contributed by atoms with E-state index in [1.54, 1.807) is 17.7 Å². The maximum atomic E-state index is 11.7. The Morgan fingerprint density at radius 3 is 2.60 bits per heavy atom. The summed E-state index contributed by atoms with van der Waals surface area (Å²) in [6.07, 6.45) is 3.72. The van der Waals surface area contributed by atoms with Crippen LogP contribution in [-0.2, 0) is 13.6 Å². The number of likely N-dealkylation sites (tertiary alicyclic amines) is 1. The minimum Gasteiger partial charge on any atom is -0.354 e. The van der Waals surface area contributed by atoms with Crippen molar-refractivity contribution in [3.8, 4) is 0 Å². The molecule has 2 aliphatic rings. The van der Waals surface area contributed by atoms with Gasteiger partial charge in [-0.2, -0.15) is 0 Å². The Labute approximate surface area is 148 Å². The molecule has 25 heavy (non-hydrogen) atoms. The van der Waals surface area contributed by atoms with Gasteiger partial charge in [-0.05, 0) is 23.8 Å². The van der Waals surface area contributed by atoms with E-state index in [0.29, 0.717) is 6.04 Å². The number of aromatic nitrogens is 2. The Morgan fingerprint density at radius 1 is 1.12 bits per heavy atom. The van der Waals surface area contributed by atoms with Gasteiger partial charge in [-0.3, -0.25) is 14.6 Å². The topological polar surface area (TPSA) is 44.6 Å². The lowest BCUT2D eigenvalue weighted by Gasteiger charge is -2.48. The van der Waals surface area contributed by atoms with Crippen LogP contribution in [0, 0.1) is 0 Å². The number of anilines is 1. The van der Waals surface area contributed by atoms with E-state index in [-0.39, 0.29) is 5.56 Å². The molecule has 2 aromatic rings. The minimum absolute atomic E-state index is 0.0696. The molecular formula is C19H25N5O. The van der Waals surface area contributed by atoms with E-state index in [9.17, 15) is 4.79 Å². The molecule has 0 bridgehead atoms. The van der Waals surface area contributed by atoms with E-state index in [2.05, 4.69) is 31.8 Å². The molecule has 0 radical (unpaired) electrons. The third-order valence-corrected chi connectivity index (χ3v) is 5.32. The number of pyridine rings is 2. The van der Waals surface area contributed by atoms with Gasteiger partial charge in [-0.1, -0.05) is 6.07 Å². The number of rotatable bonds is 4. The quantitative estimate of drug-likeness (QED) is 0.824. The van der Waals surface area contributed by atoms with E-state index in [4.69, 9.17) is 0 Å². The zero-order chi connectivity index (χ0) is 17.2. The fourth-order valence-electron chi connectivity index (χ4n) is 3.71. The first-order valence-corrected chi connectivity index (χ1v) is 8.97. The van der Waals surface area contributed by atoms with Gasteiger partial charge in [0.15, 0.2) is 0 Å². The smallest absolute Gasteiger partial charge is 0.250 e. The Bertz CT molecular complexity index is 761. The molecule has 2 saturated heterocycles. The van der Waals surface area contributed by atoms with Crippen LogP contribution >= 0.6 is 0 Å². The summed E-state index contributed by atoms with van der Waals surface area (Å²) in [5.41, 5.74) is 1.18. The van der Waals surface area contributed by atoms with Crippen LogP contribution in [0.25, 0.3) is 0 Å². The predicted octanol–water partition coefficient (Wildman–Crippen LogP) is 0.787. The first-order valence-electron chi connectivity index (χ1n) is 8.97. The molecular weight excluding hydrogens is 314 g/mol. The van der Waals surface area contributed by atoms with Crippen LogP contribution in [0.3, 0.4) is 0 Å². The highest BCUT2D eigenvalue weighted by Crippen LogP contribution is 2.20. The molecule has 4 rings (SSSR count). The van der Waals surface area contributed by atoms with Gasteiger partial charge in [0.2, 0.25) is 0 Å². The molecule has 2 aliphatic heterocycles. The summed E-state index contributed by atoms with van der Waals surface area (Å²) in [5.74, 6) is 1.09. The molecule has 0 aromatic carbocycles. The Morgan fingerprint density at radius 2 is 1.92 bits per heavy atom. The van der Waals surface area contributed by atoms with Gasteiger partial charge in [-0.15, -0.1) is 0 Å². The van der Waals surface area contributed by atoms with E-state index < -0.39 is 0 Å². The molecule has 6 heteroatoms. The summed E-state index contributed by atoms with van der Waals surface area (Å²) in [6, 6.07) is 10.5. The van der Waals surface area contributed by atoms with Gasteiger partial charge in [0.25, 0.3) is 5.56 Å². The Balaban J connectivity index is 1.25. The normalized spacial score (nSPS) is 19.8. The zero-order valence-corrected chi connectivity index (χ0v) is 14.7. The highest BCUT2D eigenvalue weighted by atomic mass is 16.1. The second-order valence-corrected chi connectivity index (χ2v) is 7.04.